The van der Waals surface area contributed by atoms with E-state index in [0.29, 0.717) is 11.8 Å². The van der Waals surface area contributed by atoms with E-state index in [1.165, 1.54) is 89.0 Å². The molecule has 4 atom stereocenters. The van der Waals surface area contributed by atoms with Crippen molar-refractivity contribution in [2.24, 2.45) is 0 Å². The van der Waals surface area contributed by atoms with Crippen LogP contribution in [0.2, 0.25) is 9.26 Å². The molecule has 8 aromatic carbocycles. The van der Waals surface area contributed by atoms with Crippen LogP contribution in [0.4, 0.5) is 0 Å². The molecule has 0 N–H and O–H groups in total. The first kappa shape index (κ1) is 63.0. The first-order valence-electron chi connectivity index (χ1n) is 29.9. The molecule has 0 spiro atoms. The molecule has 0 aliphatic heterocycles. The standard InChI is InChI=1S/2C38H41.2CH3.2ClH.H2Si.Zr/c2*1-26(28-11-9-8-10-12-28)23-27-24-35-33(29-13-17-31(18-14-29)37(2,3)4)21-22-34(36(35)25-27)30-15-19-32(20-16-30)38(5,6)7;;;;;;/h2*8-22,24-26H,23H2,1-7H3;2*1H3;2*1H;1H2;. The van der Waals surface area contributed by atoms with Gasteiger partial charge in [-0.05, 0) is 0 Å². The summed E-state index contributed by atoms with van der Waals surface area (Å²) < 4.78 is 6.30. The van der Waals surface area contributed by atoms with Crippen molar-refractivity contribution in [1.29, 1.82) is 0 Å². The van der Waals surface area contributed by atoms with Crippen LogP contribution in [0.15, 0.2) is 193 Å². The fraction of sp³-hybridized carbons (Fsp3) is 0.333. The predicted octanol–water partition coefficient (Wildman–Crippen LogP) is 22.7. The van der Waals surface area contributed by atoms with Crippen molar-refractivity contribution >= 4 is 43.8 Å². The van der Waals surface area contributed by atoms with E-state index in [2.05, 4.69) is 307 Å². The minimum atomic E-state index is -4.59. The molecule has 0 nitrogen and oxygen atoms in total. The van der Waals surface area contributed by atoms with Gasteiger partial charge in [-0.1, -0.05) is 0 Å². The van der Waals surface area contributed by atoms with Gasteiger partial charge < -0.3 is 0 Å². The Hall–Kier alpha value is -5.08. The molecule has 0 fully saturated rings. The Labute approximate surface area is 510 Å². The first-order valence-corrected chi connectivity index (χ1v) is 43.6. The number of allylic oxidation sites excluding steroid dienone is 2. The van der Waals surface area contributed by atoms with E-state index < -0.39 is 17.4 Å². The third-order valence-electron chi connectivity index (χ3n) is 18.5. The second kappa shape index (κ2) is 23.4. The zero-order valence-corrected chi connectivity index (χ0v) is 57.7. The molecule has 8 aromatic rings. The van der Waals surface area contributed by atoms with Crippen LogP contribution >= 0.6 is 24.8 Å². The molecular formula is C78H92Cl2SiZr. The van der Waals surface area contributed by atoms with E-state index in [-0.39, 0.29) is 53.7 Å². The molecule has 0 aromatic heterocycles. The van der Waals surface area contributed by atoms with E-state index in [1.54, 1.807) is 22.3 Å². The number of halogens is 2. The van der Waals surface area contributed by atoms with Gasteiger partial charge in [-0.3, -0.25) is 0 Å². The van der Waals surface area contributed by atoms with Crippen molar-refractivity contribution in [3.8, 4) is 44.5 Å². The summed E-state index contributed by atoms with van der Waals surface area (Å²) in [5.74, 6) is 0.668. The minimum Gasteiger partial charge on any atom is -0.147 e. The third-order valence-corrected chi connectivity index (χ3v) is 35.9. The van der Waals surface area contributed by atoms with Crippen molar-refractivity contribution in [3.63, 3.8) is 0 Å². The van der Waals surface area contributed by atoms with Crippen molar-refractivity contribution in [2.45, 2.75) is 160 Å². The van der Waals surface area contributed by atoms with Crippen LogP contribution in [-0.2, 0) is 39.1 Å². The fourth-order valence-corrected chi connectivity index (χ4v) is 33.4. The van der Waals surface area contributed by atoms with E-state index in [4.69, 9.17) is 0 Å². The summed E-state index contributed by atoms with van der Waals surface area (Å²) in [5, 5.41) is 0. The number of rotatable bonds is 12. The third kappa shape index (κ3) is 12.5. The van der Waals surface area contributed by atoms with Gasteiger partial charge in [0.05, 0.1) is 0 Å². The second-order valence-corrected chi connectivity index (χ2v) is 60.0. The zero-order chi connectivity index (χ0) is 57.3. The summed E-state index contributed by atoms with van der Waals surface area (Å²) in [6.45, 7) is 35.5. The molecule has 2 aliphatic rings. The summed E-state index contributed by atoms with van der Waals surface area (Å²) in [5.41, 5.74) is 28.4. The Balaban J connectivity index is 0.00000440. The van der Waals surface area contributed by atoms with Crippen LogP contribution in [0.3, 0.4) is 0 Å². The number of hydrogen-bond donors (Lipinski definition) is 0. The van der Waals surface area contributed by atoms with Gasteiger partial charge in [0.25, 0.3) is 0 Å². The molecule has 0 saturated heterocycles. The average molecular weight is 1220 g/mol. The summed E-state index contributed by atoms with van der Waals surface area (Å²) in [6, 6.07) is 71.2. The molecule has 2 aliphatic carbocycles. The van der Waals surface area contributed by atoms with Gasteiger partial charge in [-0.15, -0.1) is 24.8 Å². The Morgan fingerprint density at radius 1 is 0.354 bits per heavy atom. The van der Waals surface area contributed by atoms with Crippen LogP contribution in [0, 0.1) is 0 Å². The Bertz CT molecular complexity index is 3460. The smallest absolute Gasteiger partial charge is 0.147 e. The molecular weight excluding hydrogens is 1130 g/mol. The predicted molar refractivity (Wildman–Crippen MR) is 365 cm³/mol. The zero-order valence-electron chi connectivity index (χ0n) is 52.2. The van der Waals surface area contributed by atoms with Gasteiger partial charge in [-0.25, -0.2) is 0 Å². The SMILES string of the molecule is CC(CC1=Cc2c(-c3ccc(C(C)(C)C)cc3)ccc(-c3ccc(C(C)(C)C)cc3)c2[CH]1[Zr]([CH3])([CH3])(=[SiH2])[CH]1C(CC(C)c2ccccc2)=Cc2c(-c3ccc(C(C)(C)C)cc3)ccc(-c3ccc(C(C)(C)C)cc3)c21)c1ccccc1.Cl.Cl. The quantitative estimate of drug-likeness (QED) is 0.107. The first-order chi connectivity index (χ1) is 37.6. The van der Waals surface area contributed by atoms with E-state index >= 15 is 0 Å². The minimum absolute atomic E-state index is 0. The summed E-state index contributed by atoms with van der Waals surface area (Å²) in [6.07, 6.45) is 7.47. The van der Waals surface area contributed by atoms with E-state index in [0.717, 1.165) is 12.8 Å². The van der Waals surface area contributed by atoms with Crippen LogP contribution in [0.25, 0.3) is 56.7 Å². The van der Waals surface area contributed by atoms with Gasteiger partial charge in [0.2, 0.25) is 0 Å². The topological polar surface area (TPSA) is 0 Å². The molecule has 0 bridgehead atoms. The molecule has 0 amide bonds. The van der Waals surface area contributed by atoms with Crippen LogP contribution in [0.1, 0.15) is 184 Å². The molecule has 10 rings (SSSR count). The van der Waals surface area contributed by atoms with Crippen molar-refractivity contribution in [2.75, 3.05) is 0 Å². The maximum absolute atomic E-state index is 4.59. The summed E-state index contributed by atoms with van der Waals surface area (Å²) in [4.78, 5) is 0. The summed E-state index contributed by atoms with van der Waals surface area (Å²) in [7, 11) is 0. The van der Waals surface area contributed by atoms with Crippen molar-refractivity contribution in [3.05, 3.63) is 249 Å². The average Bonchev–Trinajstić information content (AvgIpc) is 2.53. The largest absolute Gasteiger partial charge is 0.147 e. The molecule has 0 saturated carbocycles. The molecule has 0 heterocycles. The molecule has 82 heavy (non-hydrogen) atoms. The fourth-order valence-electron chi connectivity index (χ4n) is 13.9. The van der Waals surface area contributed by atoms with E-state index in [1.807, 2.05) is 0 Å². The number of hydrogen-bond acceptors (Lipinski definition) is 0. The van der Waals surface area contributed by atoms with Gasteiger partial charge in [-0.2, -0.15) is 0 Å². The van der Waals surface area contributed by atoms with Gasteiger partial charge in [0.1, 0.15) is 0 Å². The van der Waals surface area contributed by atoms with Crippen molar-refractivity contribution < 1.29 is 17.4 Å². The van der Waals surface area contributed by atoms with Crippen LogP contribution in [-0.4, -0.2) is 6.88 Å². The monoisotopic (exact) mass is 1220 g/mol. The maximum Gasteiger partial charge on any atom is -0.147 e. The summed E-state index contributed by atoms with van der Waals surface area (Å²) >= 11 is -4.59. The van der Waals surface area contributed by atoms with Crippen molar-refractivity contribution in [1.82, 2.24) is 0 Å². The van der Waals surface area contributed by atoms with Crippen LogP contribution < -0.4 is 0 Å². The Morgan fingerprint density at radius 2 is 0.598 bits per heavy atom. The maximum atomic E-state index is 2.90. The normalized spacial score (nSPS) is 16.3. The van der Waals surface area contributed by atoms with Gasteiger partial charge >= 0.3 is 489 Å². The van der Waals surface area contributed by atoms with Gasteiger partial charge in [0, 0.05) is 0 Å². The molecule has 4 heteroatoms. The molecule has 426 valence electrons. The Kier molecular flexibility index (Phi) is 18.0. The Morgan fingerprint density at radius 3 is 0.854 bits per heavy atom. The number of fused-ring (bicyclic) bond motifs is 2. The van der Waals surface area contributed by atoms with Crippen LogP contribution in [0.5, 0.6) is 0 Å². The van der Waals surface area contributed by atoms with E-state index in [9.17, 15) is 0 Å². The second-order valence-electron chi connectivity index (χ2n) is 29.6. The number of benzene rings is 8. The molecule has 0 radical (unpaired) electrons. The van der Waals surface area contributed by atoms with Gasteiger partial charge in [0.15, 0.2) is 0 Å². The molecule has 4 unspecified atom stereocenters.